The van der Waals surface area contributed by atoms with Gasteiger partial charge in [0, 0.05) is 0 Å². The molecule has 1 fully saturated rings. The van der Waals surface area contributed by atoms with E-state index in [1.807, 2.05) is 0 Å². The molecule has 1 rings (SSSR count). The number of rotatable bonds is 0. The summed E-state index contributed by atoms with van der Waals surface area (Å²) >= 11 is 2.16. The Morgan fingerprint density at radius 1 is 1.14 bits per heavy atom. The average Bonchev–Trinajstić information content (AvgIpc) is 1.91. The summed E-state index contributed by atoms with van der Waals surface area (Å²) in [6.07, 6.45) is 0. The van der Waals surface area contributed by atoms with Crippen molar-refractivity contribution >= 4 is 33.8 Å². The summed E-state index contributed by atoms with van der Waals surface area (Å²) in [5.41, 5.74) is 0. The van der Waals surface area contributed by atoms with Crippen LogP contribution in [0, 0.1) is 0 Å². The van der Waals surface area contributed by atoms with Crippen LogP contribution in [-0.4, -0.2) is 15.3 Å². The molecule has 7 heavy (non-hydrogen) atoms. The zero-order valence-electron chi connectivity index (χ0n) is 3.34. The number of carbonyl (C=O) groups is 2. The molecule has 0 aromatic carbocycles. The number of thioether (sulfide) groups is 2. The van der Waals surface area contributed by atoms with E-state index in [1.165, 1.54) is 0 Å². The first-order chi connectivity index (χ1) is 3.30. The lowest BCUT2D eigenvalue weighted by Gasteiger charge is -1.70. The van der Waals surface area contributed by atoms with Gasteiger partial charge in [-0.05, 0) is 0 Å². The zero-order chi connectivity index (χ0) is 5.28. The smallest absolute Gasteiger partial charge is 0.266 e. The Morgan fingerprint density at radius 2 is 1.57 bits per heavy atom. The summed E-state index contributed by atoms with van der Waals surface area (Å²) in [5, 5.41) is 0.00694. The third kappa shape index (κ3) is 0.978. The van der Waals surface area contributed by atoms with Gasteiger partial charge in [0.05, 0.1) is 5.08 Å². The Labute approximate surface area is 49.0 Å². The van der Waals surface area contributed by atoms with Gasteiger partial charge >= 0.3 is 0 Å². The van der Waals surface area contributed by atoms with E-state index < -0.39 is 0 Å². The van der Waals surface area contributed by atoms with Crippen molar-refractivity contribution in [2.45, 2.75) is 0 Å². The molecule has 0 radical (unpaired) electrons. The molecule has 4 heteroatoms. The first-order valence-corrected chi connectivity index (χ1v) is 3.62. The highest BCUT2D eigenvalue weighted by Crippen LogP contribution is 2.24. The lowest BCUT2D eigenvalue weighted by atomic mass is 10.9. The second kappa shape index (κ2) is 1.88. The van der Waals surface area contributed by atoms with Gasteiger partial charge in [-0.25, -0.2) is 0 Å². The second-order valence-corrected chi connectivity index (χ2v) is 3.24. The summed E-state index contributed by atoms with van der Waals surface area (Å²) < 4.78 is 0. The van der Waals surface area contributed by atoms with Crippen molar-refractivity contribution < 1.29 is 9.59 Å². The van der Waals surface area contributed by atoms with E-state index in [9.17, 15) is 9.59 Å². The molecule has 0 aliphatic carbocycles. The van der Waals surface area contributed by atoms with Gasteiger partial charge in [-0.15, -0.1) is 0 Å². The van der Waals surface area contributed by atoms with Crippen molar-refractivity contribution in [2.24, 2.45) is 0 Å². The fraction of sp³-hybridized carbons (Fsp3) is 0.333. The van der Waals surface area contributed by atoms with Crippen LogP contribution in [0.15, 0.2) is 0 Å². The van der Waals surface area contributed by atoms with E-state index in [0.29, 0.717) is 5.08 Å². The Kier molecular flexibility index (Phi) is 1.39. The SMILES string of the molecule is O=C1SCSC1=O. The molecule has 1 aliphatic rings. The fourth-order valence-electron chi connectivity index (χ4n) is 0.254. The van der Waals surface area contributed by atoms with Gasteiger partial charge in [0.25, 0.3) is 10.2 Å². The van der Waals surface area contributed by atoms with Crippen LogP contribution in [0.2, 0.25) is 0 Å². The van der Waals surface area contributed by atoms with E-state index in [-0.39, 0.29) is 10.2 Å². The monoisotopic (exact) mass is 134 g/mol. The van der Waals surface area contributed by atoms with Crippen LogP contribution < -0.4 is 0 Å². The number of hydrogen-bond donors (Lipinski definition) is 0. The summed E-state index contributed by atoms with van der Waals surface area (Å²) in [6.45, 7) is 0. The Morgan fingerprint density at radius 3 is 1.71 bits per heavy atom. The molecule has 0 saturated carbocycles. The minimum Gasteiger partial charge on any atom is -0.277 e. The fourth-order valence-corrected chi connectivity index (χ4v) is 1.94. The van der Waals surface area contributed by atoms with Gasteiger partial charge in [0.2, 0.25) is 0 Å². The third-order valence-electron chi connectivity index (χ3n) is 0.547. The quantitative estimate of drug-likeness (QED) is 0.451. The molecule has 1 aliphatic heterocycles. The average molecular weight is 134 g/mol. The maximum Gasteiger partial charge on any atom is 0.266 e. The summed E-state index contributed by atoms with van der Waals surface area (Å²) in [5.74, 6) is 0. The molecule has 0 aromatic rings. The highest BCUT2D eigenvalue weighted by Gasteiger charge is 2.21. The Balaban J connectivity index is 2.65. The van der Waals surface area contributed by atoms with Crippen LogP contribution in [0.1, 0.15) is 0 Å². The molecule has 0 spiro atoms. The minimum atomic E-state index is -0.301. The largest absolute Gasteiger partial charge is 0.277 e. The van der Waals surface area contributed by atoms with E-state index in [2.05, 4.69) is 0 Å². The molecule has 38 valence electrons. The van der Waals surface area contributed by atoms with Crippen molar-refractivity contribution in [2.75, 3.05) is 5.08 Å². The van der Waals surface area contributed by atoms with Crippen LogP contribution >= 0.6 is 23.5 Å². The van der Waals surface area contributed by atoms with Gasteiger partial charge in [-0.2, -0.15) is 0 Å². The van der Waals surface area contributed by atoms with E-state index in [0.717, 1.165) is 23.5 Å². The van der Waals surface area contributed by atoms with Gasteiger partial charge in [0.15, 0.2) is 0 Å². The number of carbonyl (C=O) groups excluding carboxylic acids is 2. The maximum atomic E-state index is 10.2. The van der Waals surface area contributed by atoms with Crippen LogP contribution in [-0.2, 0) is 9.59 Å². The highest BCUT2D eigenvalue weighted by atomic mass is 32.2. The maximum absolute atomic E-state index is 10.2. The minimum absolute atomic E-state index is 0.301. The molecular weight excluding hydrogens is 132 g/mol. The molecule has 0 bridgehead atoms. The van der Waals surface area contributed by atoms with Gasteiger partial charge in [0.1, 0.15) is 0 Å². The van der Waals surface area contributed by atoms with Crippen LogP contribution in [0.25, 0.3) is 0 Å². The van der Waals surface area contributed by atoms with Crippen LogP contribution in [0.5, 0.6) is 0 Å². The third-order valence-corrected chi connectivity index (χ3v) is 2.51. The van der Waals surface area contributed by atoms with E-state index in [1.54, 1.807) is 0 Å². The predicted octanol–water partition coefficient (Wildman–Crippen LogP) is 0.477. The van der Waals surface area contributed by atoms with E-state index >= 15 is 0 Å². The molecule has 1 heterocycles. The van der Waals surface area contributed by atoms with Gasteiger partial charge in [-0.3, -0.25) is 9.59 Å². The first-order valence-electron chi connectivity index (χ1n) is 1.64. The normalized spacial score (nSPS) is 21.1. The molecule has 0 amide bonds. The highest BCUT2D eigenvalue weighted by molar-refractivity contribution is 8.38. The van der Waals surface area contributed by atoms with Gasteiger partial charge in [-0.1, -0.05) is 23.5 Å². The molecule has 0 unspecified atom stereocenters. The van der Waals surface area contributed by atoms with Crippen LogP contribution in [0.4, 0.5) is 0 Å². The predicted molar refractivity (Wildman–Crippen MR) is 30.1 cm³/mol. The molecule has 0 N–H and O–H groups in total. The molecule has 0 atom stereocenters. The molecule has 1 saturated heterocycles. The Hall–Kier alpha value is 0.0400. The van der Waals surface area contributed by atoms with Crippen LogP contribution in [0.3, 0.4) is 0 Å². The topological polar surface area (TPSA) is 34.1 Å². The first kappa shape index (κ1) is 5.18. The standard InChI is InChI=1S/C3H2O2S2/c4-2-3(5)7-1-6-2/h1H2. The van der Waals surface area contributed by atoms with Crippen molar-refractivity contribution in [3.05, 3.63) is 0 Å². The summed E-state index contributed by atoms with van der Waals surface area (Å²) in [6, 6.07) is 0. The van der Waals surface area contributed by atoms with E-state index in [4.69, 9.17) is 0 Å². The zero-order valence-corrected chi connectivity index (χ0v) is 4.97. The van der Waals surface area contributed by atoms with Crippen molar-refractivity contribution in [1.82, 2.24) is 0 Å². The van der Waals surface area contributed by atoms with Crippen molar-refractivity contribution in [3.63, 3.8) is 0 Å². The number of hydrogen-bond acceptors (Lipinski definition) is 4. The molecule has 2 nitrogen and oxygen atoms in total. The lowest BCUT2D eigenvalue weighted by Crippen LogP contribution is -1.94. The lowest BCUT2D eigenvalue weighted by molar-refractivity contribution is -0.126. The molecule has 0 aromatic heterocycles. The second-order valence-electron chi connectivity index (χ2n) is 0.981. The summed E-state index contributed by atoms with van der Waals surface area (Å²) in [7, 11) is 0. The van der Waals surface area contributed by atoms with Crippen molar-refractivity contribution in [3.8, 4) is 0 Å². The molecular formula is C3H2O2S2. The Bertz CT molecular complexity index is 106. The van der Waals surface area contributed by atoms with Crippen molar-refractivity contribution in [1.29, 1.82) is 0 Å². The summed E-state index contributed by atoms with van der Waals surface area (Å²) in [4.78, 5) is 20.3. The van der Waals surface area contributed by atoms with Gasteiger partial charge < -0.3 is 0 Å².